The van der Waals surface area contributed by atoms with Crippen molar-refractivity contribution in [1.29, 1.82) is 0 Å². The molecule has 0 aliphatic carbocycles. The van der Waals surface area contributed by atoms with Crippen LogP contribution in [0.2, 0.25) is 0 Å². The molecule has 2 aromatic heterocycles. The van der Waals surface area contributed by atoms with Gasteiger partial charge in [-0.25, -0.2) is 0 Å². The van der Waals surface area contributed by atoms with Gasteiger partial charge in [0.2, 0.25) is 0 Å². The Morgan fingerprint density at radius 1 is 0.455 bits per heavy atom. The smallest absolute Gasteiger partial charge is 0.0620 e. The van der Waals surface area contributed by atoms with Crippen LogP contribution in [0, 0.1) is 0 Å². The van der Waals surface area contributed by atoms with Gasteiger partial charge in [0.15, 0.2) is 0 Å². The van der Waals surface area contributed by atoms with Gasteiger partial charge in [-0.3, -0.25) is 0 Å². The van der Waals surface area contributed by atoms with E-state index in [-0.39, 0.29) is 0 Å². The van der Waals surface area contributed by atoms with Gasteiger partial charge in [-0.05, 0) is 34.0 Å². The SMILES string of the molecule is c1ccc(-c2cc(-c3ccccc3)n3c4ccccc4c4c5ccccc5ccc4c23)cc1. The minimum atomic E-state index is 1.22. The fourth-order valence-corrected chi connectivity index (χ4v) is 5.32. The van der Waals surface area contributed by atoms with Gasteiger partial charge in [0.05, 0.1) is 16.7 Å². The van der Waals surface area contributed by atoms with Gasteiger partial charge in [-0.1, -0.05) is 115 Å². The topological polar surface area (TPSA) is 4.41 Å². The van der Waals surface area contributed by atoms with Crippen LogP contribution in [0.5, 0.6) is 0 Å². The van der Waals surface area contributed by atoms with Crippen LogP contribution in [0.1, 0.15) is 0 Å². The molecule has 0 atom stereocenters. The maximum absolute atomic E-state index is 2.46. The second kappa shape index (κ2) is 7.08. The Labute approximate surface area is 192 Å². The molecule has 7 rings (SSSR count). The molecule has 0 spiro atoms. The maximum atomic E-state index is 2.46. The van der Waals surface area contributed by atoms with E-state index in [1.165, 1.54) is 60.3 Å². The number of para-hydroxylation sites is 1. The molecule has 0 N–H and O–H groups in total. The van der Waals surface area contributed by atoms with Gasteiger partial charge in [-0.2, -0.15) is 0 Å². The highest BCUT2D eigenvalue weighted by Crippen LogP contribution is 2.42. The zero-order chi connectivity index (χ0) is 21.8. The van der Waals surface area contributed by atoms with Crippen LogP contribution in [-0.2, 0) is 0 Å². The number of rotatable bonds is 2. The van der Waals surface area contributed by atoms with Gasteiger partial charge < -0.3 is 4.40 Å². The van der Waals surface area contributed by atoms with Crippen molar-refractivity contribution in [2.45, 2.75) is 0 Å². The van der Waals surface area contributed by atoms with Gasteiger partial charge >= 0.3 is 0 Å². The van der Waals surface area contributed by atoms with Crippen molar-refractivity contribution in [2.75, 3.05) is 0 Å². The number of hydrogen-bond acceptors (Lipinski definition) is 0. The molecule has 0 fully saturated rings. The quantitative estimate of drug-likeness (QED) is 0.247. The molecule has 154 valence electrons. The minimum absolute atomic E-state index is 1.22. The first-order chi connectivity index (χ1) is 16.4. The van der Waals surface area contributed by atoms with E-state index in [1.807, 2.05) is 0 Å². The number of pyridine rings is 1. The standard InChI is InChI=1S/C32H21N/c1-3-11-22(12-4-1)28-21-30(24-14-5-2-6-15-24)33-29-18-10-9-17-26(29)31-25-16-8-7-13-23(25)19-20-27(31)32(28)33/h1-21H. The number of aromatic nitrogens is 1. The molecule has 0 unspecified atom stereocenters. The minimum Gasteiger partial charge on any atom is -0.308 e. The van der Waals surface area contributed by atoms with Crippen molar-refractivity contribution < 1.29 is 0 Å². The van der Waals surface area contributed by atoms with E-state index in [1.54, 1.807) is 0 Å². The molecule has 0 amide bonds. The molecule has 5 aromatic carbocycles. The number of benzene rings is 5. The van der Waals surface area contributed by atoms with Crippen LogP contribution >= 0.6 is 0 Å². The Hall–Kier alpha value is -4.36. The van der Waals surface area contributed by atoms with Gasteiger partial charge in [-0.15, -0.1) is 0 Å². The van der Waals surface area contributed by atoms with Crippen molar-refractivity contribution in [3.8, 4) is 22.4 Å². The Morgan fingerprint density at radius 3 is 1.88 bits per heavy atom. The maximum Gasteiger partial charge on any atom is 0.0620 e. The average molecular weight is 420 g/mol. The summed E-state index contributed by atoms with van der Waals surface area (Å²) in [6, 6.07) is 46.0. The first-order valence-corrected chi connectivity index (χ1v) is 11.4. The molecule has 0 bridgehead atoms. The van der Waals surface area contributed by atoms with Crippen molar-refractivity contribution in [3.05, 3.63) is 127 Å². The van der Waals surface area contributed by atoms with Crippen LogP contribution in [0.15, 0.2) is 127 Å². The van der Waals surface area contributed by atoms with Crippen molar-refractivity contribution >= 4 is 38.0 Å². The zero-order valence-electron chi connectivity index (χ0n) is 18.1. The molecule has 1 nitrogen and oxygen atoms in total. The Bertz CT molecular complexity index is 1790. The number of fused-ring (bicyclic) bond motifs is 8. The van der Waals surface area contributed by atoms with E-state index in [0.717, 1.165) is 0 Å². The predicted molar refractivity (Wildman–Crippen MR) is 141 cm³/mol. The zero-order valence-corrected chi connectivity index (χ0v) is 18.1. The molecule has 0 saturated heterocycles. The average Bonchev–Trinajstić information content (AvgIpc) is 3.31. The first-order valence-electron chi connectivity index (χ1n) is 11.4. The van der Waals surface area contributed by atoms with E-state index < -0.39 is 0 Å². The Kier molecular flexibility index (Phi) is 3.91. The molecule has 0 radical (unpaired) electrons. The third kappa shape index (κ3) is 2.66. The van der Waals surface area contributed by atoms with Crippen molar-refractivity contribution in [3.63, 3.8) is 0 Å². The molecule has 1 heteroatoms. The van der Waals surface area contributed by atoms with Gasteiger partial charge in [0, 0.05) is 21.7 Å². The second-order valence-corrected chi connectivity index (χ2v) is 8.59. The van der Waals surface area contributed by atoms with E-state index in [9.17, 15) is 0 Å². The summed E-state index contributed by atoms with van der Waals surface area (Å²) >= 11 is 0. The van der Waals surface area contributed by atoms with Gasteiger partial charge in [0.25, 0.3) is 0 Å². The Balaban J connectivity index is 1.79. The highest BCUT2D eigenvalue weighted by Gasteiger charge is 2.19. The summed E-state index contributed by atoms with van der Waals surface area (Å²) < 4.78 is 2.46. The van der Waals surface area contributed by atoms with Crippen LogP contribution in [0.3, 0.4) is 0 Å². The molecular formula is C32H21N. The lowest BCUT2D eigenvalue weighted by atomic mass is 9.96. The first kappa shape index (κ1) is 18.2. The molecule has 7 aromatic rings. The molecule has 0 aliphatic heterocycles. The fourth-order valence-electron chi connectivity index (χ4n) is 5.32. The summed E-state index contributed by atoms with van der Waals surface area (Å²) in [6.07, 6.45) is 0. The monoisotopic (exact) mass is 419 g/mol. The van der Waals surface area contributed by atoms with E-state index >= 15 is 0 Å². The molecule has 2 heterocycles. The lowest BCUT2D eigenvalue weighted by molar-refractivity contribution is 1.29. The van der Waals surface area contributed by atoms with Gasteiger partial charge in [0.1, 0.15) is 0 Å². The van der Waals surface area contributed by atoms with Crippen LogP contribution in [0.4, 0.5) is 0 Å². The van der Waals surface area contributed by atoms with Crippen LogP contribution in [-0.4, -0.2) is 4.40 Å². The third-order valence-electron chi connectivity index (χ3n) is 6.75. The summed E-state index contributed by atoms with van der Waals surface area (Å²) in [4.78, 5) is 0. The normalized spacial score (nSPS) is 11.6. The lowest BCUT2D eigenvalue weighted by Crippen LogP contribution is -1.94. The van der Waals surface area contributed by atoms with Crippen molar-refractivity contribution in [1.82, 2.24) is 4.40 Å². The molecule has 0 saturated carbocycles. The molecular weight excluding hydrogens is 398 g/mol. The molecule has 0 aliphatic rings. The number of hydrogen-bond donors (Lipinski definition) is 0. The van der Waals surface area contributed by atoms with Crippen molar-refractivity contribution in [2.24, 2.45) is 0 Å². The summed E-state index contributed by atoms with van der Waals surface area (Å²) in [5.41, 5.74) is 7.44. The largest absolute Gasteiger partial charge is 0.308 e. The highest BCUT2D eigenvalue weighted by molar-refractivity contribution is 6.25. The second-order valence-electron chi connectivity index (χ2n) is 8.59. The highest BCUT2D eigenvalue weighted by atomic mass is 14.9. The summed E-state index contributed by atoms with van der Waals surface area (Å²) in [5, 5.41) is 6.47. The Morgan fingerprint density at radius 2 is 1.09 bits per heavy atom. The molecule has 33 heavy (non-hydrogen) atoms. The summed E-state index contributed by atoms with van der Waals surface area (Å²) in [7, 11) is 0. The van der Waals surface area contributed by atoms with E-state index in [2.05, 4.69) is 132 Å². The van der Waals surface area contributed by atoms with E-state index in [0.29, 0.717) is 0 Å². The summed E-state index contributed by atoms with van der Waals surface area (Å²) in [6.45, 7) is 0. The predicted octanol–water partition coefficient (Wildman–Crippen LogP) is 8.73. The lowest BCUT2D eigenvalue weighted by Gasteiger charge is -2.15. The van der Waals surface area contributed by atoms with Crippen LogP contribution in [0.25, 0.3) is 60.3 Å². The van der Waals surface area contributed by atoms with E-state index in [4.69, 9.17) is 0 Å². The third-order valence-corrected chi connectivity index (χ3v) is 6.75. The fraction of sp³-hybridized carbons (Fsp3) is 0. The number of nitrogens with zero attached hydrogens (tertiary/aromatic N) is 1. The van der Waals surface area contributed by atoms with Crippen LogP contribution < -0.4 is 0 Å². The summed E-state index contributed by atoms with van der Waals surface area (Å²) in [5.74, 6) is 0.